The van der Waals surface area contributed by atoms with Crippen LogP contribution < -0.4 is 10.0 Å². The number of rotatable bonds is 6. The van der Waals surface area contributed by atoms with Crippen LogP contribution >= 0.6 is 0 Å². The van der Waals surface area contributed by atoms with E-state index in [0.29, 0.717) is 5.69 Å². The van der Waals surface area contributed by atoms with Crippen molar-refractivity contribution in [1.82, 2.24) is 24.9 Å². The Bertz CT molecular complexity index is 1040. The molecule has 0 saturated heterocycles. The average molecular weight is 386 g/mol. The van der Waals surface area contributed by atoms with Crippen molar-refractivity contribution in [2.75, 3.05) is 5.32 Å². The summed E-state index contributed by atoms with van der Waals surface area (Å²) >= 11 is 0. The molecular weight excluding hydrogens is 368 g/mol. The highest BCUT2D eigenvalue weighted by Gasteiger charge is 2.22. The molecule has 9 nitrogen and oxygen atoms in total. The van der Waals surface area contributed by atoms with Gasteiger partial charge in [0.1, 0.15) is 6.33 Å². The first kappa shape index (κ1) is 18.7. The van der Waals surface area contributed by atoms with Gasteiger partial charge in [-0.25, -0.2) is 13.1 Å². The van der Waals surface area contributed by atoms with Crippen LogP contribution in [-0.2, 0) is 14.8 Å². The molecule has 10 heteroatoms. The molecule has 2 aromatic carbocycles. The summed E-state index contributed by atoms with van der Waals surface area (Å²) in [6, 6.07) is 12.2. The van der Waals surface area contributed by atoms with Crippen LogP contribution in [0.15, 0.2) is 59.8 Å². The number of sulfonamides is 1. The van der Waals surface area contributed by atoms with Gasteiger partial charge < -0.3 is 5.32 Å². The Labute approximate surface area is 156 Å². The molecule has 1 atom stereocenters. The van der Waals surface area contributed by atoms with Crippen LogP contribution in [-0.4, -0.2) is 40.6 Å². The first-order chi connectivity index (χ1) is 12.9. The standard InChI is InChI=1S/C17H18N6O3S/c1-12-10-14(8-9-16(12)23-11-18-21-22-23)19-17(24)13(2)20-27(25,26)15-6-4-3-5-7-15/h3-11,13,20H,1-2H3,(H,19,24)/t13-/m0/s1. The van der Waals surface area contributed by atoms with Gasteiger partial charge in [0.25, 0.3) is 0 Å². The Hall–Kier alpha value is -3.11. The van der Waals surface area contributed by atoms with Crippen LogP contribution in [0.2, 0.25) is 0 Å². The number of aryl methyl sites for hydroxylation is 1. The smallest absolute Gasteiger partial charge is 0.242 e. The number of nitrogens with one attached hydrogen (secondary N) is 2. The summed E-state index contributed by atoms with van der Waals surface area (Å²) in [4.78, 5) is 12.5. The van der Waals surface area contributed by atoms with E-state index in [2.05, 4.69) is 25.6 Å². The predicted octanol–water partition coefficient (Wildman–Crippen LogP) is 1.28. The molecule has 1 amide bonds. The third kappa shape index (κ3) is 4.36. The maximum Gasteiger partial charge on any atom is 0.242 e. The van der Waals surface area contributed by atoms with Gasteiger partial charge in [0.2, 0.25) is 15.9 Å². The molecule has 3 rings (SSSR count). The van der Waals surface area contributed by atoms with E-state index in [9.17, 15) is 13.2 Å². The quantitative estimate of drug-likeness (QED) is 0.659. The van der Waals surface area contributed by atoms with E-state index in [1.54, 1.807) is 36.4 Å². The lowest BCUT2D eigenvalue weighted by molar-refractivity contribution is -0.117. The molecule has 0 radical (unpaired) electrons. The largest absolute Gasteiger partial charge is 0.325 e. The van der Waals surface area contributed by atoms with Crippen molar-refractivity contribution < 1.29 is 13.2 Å². The summed E-state index contributed by atoms with van der Waals surface area (Å²) in [7, 11) is -3.78. The summed E-state index contributed by atoms with van der Waals surface area (Å²) in [5.74, 6) is -0.468. The van der Waals surface area contributed by atoms with Crippen molar-refractivity contribution >= 4 is 21.6 Å². The van der Waals surface area contributed by atoms with Crippen molar-refractivity contribution in [1.29, 1.82) is 0 Å². The molecule has 3 aromatic rings. The van der Waals surface area contributed by atoms with Gasteiger partial charge in [-0.2, -0.15) is 4.72 Å². The highest BCUT2D eigenvalue weighted by atomic mass is 32.2. The summed E-state index contributed by atoms with van der Waals surface area (Å²) in [6.45, 7) is 3.34. The van der Waals surface area contributed by atoms with Gasteiger partial charge >= 0.3 is 0 Å². The topological polar surface area (TPSA) is 119 Å². The second-order valence-electron chi connectivity index (χ2n) is 5.90. The first-order valence-corrected chi connectivity index (χ1v) is 9.57. The van der Waals surface area contributed by atoms with Gasteiger partial charge in [0, 0.05) is 5.69 Å². The van der Waals surface area contributed by atoms with E-state index in [4.69, 9.17) is 0 Å². The maximum absolute atomic E-state index is 12.4. The zero-order chi connectivity index (χ0) is 19.4. The molecule has 0 saturated carbocycles. The zero-order valence-electron chi connectivity index (χ0n) is 14.7. The van der Waals surface area contributed by atoms with E-state index in [-0.39, 0.29) is 4.90 Å². The number of benzene rings is 2. The third-order valence-electron chi connectivity index (χ3n) is 3.84. The van der Waals surface area contributed by atoms with Crippen LogP contribution in [0.3, 0.4) is 0 Å². The zero-order valence-corrected chi connectivity index (χ0v) is 15.5. The maximum atomic E-state index is 12.4. The molecule has 140 valence electrons. The lowest BCUT2D eigenvalue weighted by atomic mass is 10.1. The monoisotopic (exact) mass is 386 g/mol. The van der Waals surface area contributed by atoms with Crippen molar-refractivity contribution in [2.45, 2.75) is 24.8 Å². The fraction of sp³-hybridized carbons (Fsp3) is 0.176. The molecule has 27 heavy (non-hydrogen) atoms. The highest BCUT2D eigenvalue weighted by Crippen LogP contribution is 2.18. The first-order valence-electron chi connectivity index (χ1n) is 8.09. The molecule has 0 aliphatic heterocycles. The molecule has 0 fully saturated rings. The molecule has 0 spiro atoms. The van der Waals surface area contributed by atoms with Crippen LogP contribution in [0.4, 0.5) is 5.69 Å². The summed E-state index contributed by atoms with van der Waals surface area (Å²) in [5.41, 5.74) is 2.16. The Balaban J connectivity index is 1.69. The Morgan fingerprint density at radius 1 is 1.15 bits per heavy atom. The minimum atomic E-state index is -3.78. The Morgan fingerprint density at radius 3 is 2.52 bits per heavy atom. The van der Waals surface area contributed by atoms with Crippen LogP contribution in [0, 0.1) is 6.92 Å². The SMILES string of the molecule is Cc1cc(NC(=O)[C@H](C)NS(=O)(=O)c2ccccc2)ccc1-n1cnnn1. The molecule has 2 N–H and O–H groups in total. The summed E-state index contributed by atoms with van der Waals surface area (Å²) in [5, 5.41) is 13.7. The van der Waals surface area contributed by atoms with Crippen molar-refractivity contribution in [3.8, 4) is 5.69 Å². The molecule has 0 unspecified atom stereocenters. The molecule has 1 heterocycles. The van der Waals surface area contributed by atoms with E-state index in [1.807, 2.05) is 6.92 Å². The van der Waals surface area contributed by atoms with Gasteiger partial charge in [0.15, 0.2) is 0 Å². The fourth-order valence-corrected chi connectivity index (χ4v) is 3.69. The molecule has 0 bridgehead atoms. The summed E-state index contributed by atoms with van der Waals surface area (Å²) < 4.78 is 28.5. The van der Waals surface area contributed by atoms with Crippen LogP contribution in [0.25, 0.3) is 5.69 Å². The lowest BCUT2D eigenvalue weighted by Gasteiger charge is -2.15. The predicted molar refractivity (Wildman–Crippen MR) is 98.7 cm³/mol. The van der Waals surface area contributed by atoms with Gasteiger partial charge in [-0.05, 0) is 60.2 Å². The van der Waals surface area contributed by atoms with Crippen LogP contribution in [0.1, 0.15) is 12.5 Å². The number of aromatic nitrogens is 4. The molecule has 1 aromatic heterocycles. The Kier molecular flexibility index (Phi) is 5.28. The van der Waals surface area contributed by atoms with E-state index >= 15 is 0 Å². The molecular formula is C17H18N6O3S. The number of hydrogen-bond acceptors (Lipinski definition) is 6. The minimum Gasteiger partial charge on any atom is -0.325 e. The van der Waals surface area contributed by atoms with Crippen molar-refractivity contribution in [2.24, 2.45) is 0 Å². The van der Waals surface area contributed by atoms with Crippen LogP contribution in [0.5, 0.6) is 0 Å². The number of nitrogens with zero attached hydrogens (tertiary/aromatic N) is 4. The van der Waals surface area contributed by atoms with E-state index in [1.165, 1.54) is 30.1 Å². The normalized spacial score (nSPS) is 12.5. The van der Waals surface area contributed by atoms with E-state index in [0.717, 1.165) is 11.3 Å². The van der Waals surface area contributed by atoms with Gasteiger partial charge in [-0.15, -0.1) is 5.10 Å². The lowest BCUT2D eigenvalue weighted by Crippen LogP contribution is -2.41. The van der Waals surface area contributed by atoms with Crippen molar-refractivity contribution in [3.05, 3.63) is 60.4 Å². The molecule has 0 aliphatic rings. The second kappa shape index (κ2) is 7.64. The minimum absolute atomic E-state index is 0.103. The third-order valence-corrected chi connectivity index (χ3v) is 5.40. The average Bonchev–Trinajstić information content (AvgIpc) is 3.16. The van der Waals surface area contributed by atoms with Crippen molar-refractivity contribution in [3.63, 3.8) is 0 Å². The number of carbonyl (C=O) groups excluding carboxylic acids is 1. The van der Waals surface area contributed by atoms with Gasteiger partial charge in [0.05, 0.1) is 16.6 Å². The highest BCUT2D eigenvalue weighted by molar-refractivity contribution is 7.89. The number of anilines is 1. The second-order valence-corrected chi connectivity index (χ2v) is 7.61. The fourth-order valence-electron chi connectivity index (χ4n) is 2.47. The number of amides is 1. The number of carbonyl (C=O) groups is 1. The number of tetrazole rings is 1. The summed E-state index contributed by atoms with van der Waals surface area (Å²) in [6.07, 6.45) is 1.47. The van der Waals surface area contributed by atoms with Gasteiger partial charge in [-0.1, -0.05) is 18.2 Å². The molecule has 0 aliphatic carbocycles. The Morgan fingerprint density at radius 2 is 1.89 bits per heavy atom. The number of hydrogen-bond donors (Lipinski definition) is 2. The van der Waals surface area contributed by atoms with Gasteiger partial charge in [-0.3, -0.25) is 4.79 Å². The van der Waals surface area contributed by atoms with E-state index < -0.39 is 22.0 Å².